The van der Waals surface area contributed by atoms with Crippen LogP contribution in [0.25, 0.3) is 4.85 Å². The second-order valence-corrected chi connectivity index (χ2v) is 25.8. The van der Waals surface area contributed by atoms with E-state index in [-0.39, 0.29) is 46.1 Å². The number of carbonyl (C=O) groups is 1. The van der Waals surface area contributed by atoms with E-state index < -0.39 is 16.6 Å². The normalized spacial score (nSPS) is 22.0. The molecule has 0 aromatic heterocycles. The molecule has 5 nitrogen and oxygen atoms in total. The first-order valence-corrected chi connectivity index (χ1v) is 23.2. The molecule has 1 aromatic carbocycles. The zero-order valence-electron chi connectivity index (χ0n) is 30.8. The molecule has 1 fully saturated rings. The van der Waals surface area contributed by atoms with Gasteiger partial charge in [0.1, 0.15) is 0 Å². The summed E-state index contributed by atoms with van der Waals surface area (Å²) >= 11 is 0. The summed E-state index contributed by atoms with van der Waals surface area (Å²) in [5.41, 5.74) is 2.54. The number of rotatable bonds is 16. The molecule has 0 bridgehead atoms. The third-order valence-corrected chi connectivity index (χ3v) is 19.8. The van der Waals surface area contributed by atoms with Gasteiger partial charge in [0.2, 0.25) is 6.04 Å². The quantitative estimate of drug-likeness (QED) is 0.0584. The highest BCUT2D eigenvalue weighted by Gasteiger charge is 2.51. The molecule has 0 aliphatic heterocycles. The molecule has 1 aliphatic rings. The molecule has 0 spiro atoms. The van der Waals surface area contributed by atoms with Crippen molar-refractivity contribution < 1.29 is 18.4 Å². The summed E-state index contributed by atoms with van der Waals surface area (Å²) in [5.74, 6) is 0.180. The number of benzene rings is 1. The smallest absolute Gasteiger partial charge is 0.305 e. The fourth-order valence-electron chi connectivity index (χ4n) is 5.84. The summed E-state index contributed by atoms with van der Waals surface area (Å²) in [4.78, 5) is 15.7. The fraction of sp³-hybridized carbons (Fsp3) is 0.737. The zero-order chi connectivity index (χ0) is 34.1. The number of hydrogen-bond acceptors (Lipinski definition) is 4. The Morgan fingerprint density at radius 2 is 1.60 bits per heavy atom. The largest absolute Gasteiger partial charge is 0.469 e. The molecular formula is C38H65NO4Si2. The van der Waals surface area contributed by atoms with E-state index in [0.29, 0.717) is 6.42 Å². The molecule has 1 saturated carbocycles. The lowest BCUT2D eigenvalue weighted by Crippen LogP contribution is -2.44. The van der Waals surface area contributed by atoms with Gasteiger partial charge in [-0.15, -0.1) is 0 Å². The summed E-state index contributed by atoms with van der Waals surface area (Å²) < 4.78 is 18.9. The minimum Gasteiger partial charge on any atom is -0.469 e. The van der Waals surface area contributed by atoms with Crippen LogP contribution in [0, 0.1) is 12.5 Å². The summed E-state index contributed by atoms with van der Waals surface area (Å²) in [6.45, 7) is 33.6. The molecule has 254 valence electrons. The van der Waals surface area contributed by atoms with E-state index in [1.807, 2.05) is 0 Å². The molecule has 0 heterocycles. The molecule has 1 unspecified atom stereocenters. The summed E-state index contributed by atoms with van der Waals surface area (Å²) in [6, 6.07) is 9.14. The lowest BCUT2D eigenvalue weighted by Gasteiger charge is -2.40. The van der Waals surface area contributed by atoms with Crippen molar-refractivity contribution in [3.63, 3.8) is 0 Å². The van der Waals surface area contributed by atoms with Crippen molar-refractivity contribution in [3.8, 4) is 0 Å². The molecule has 7 heteroatoms. The summed E-state index contributed by atoms with van der Waals surface area (Å²) in [6.07, 6.45) is 12.8. The van der Waals surface area contributed by atoms with Gasteiger partial charge in [-0.2, -0.15) is 0 Å². The van der Waals surface area contributed by atoms with Crippen LogP contribution in [0.2, 0.25) is 36.3 Å². The number of nitrogens with zero attached hydrogens (tertiary/aromatic N) is 1. The van der Waals surface area contributed by atoms with Crippen LogP contribution in [0.3, 0.4) is 0 Å². The third-order valence-electron chi connectivity index (χ3n) is 10.8. The van der Waals surface area contributed by atoms with Gasteiger partial charge in [0.05, 0.1) is 19.3 Å². The van der Waals surface area contributed by atoms with Crippen molar-refractivity contribution in [1.82, 2.24) is 0 Å². The average Bonchev–Trinajstić information content (AvgIpc) is 3.29. The molecule has 0 amide bonds. The predicted molar refractivity (Wildman–Crippen MR) is 195 cm³/mol. The molecular weight excluding hydrogens is 591 g/mol. The summed E-state index contributed by atoms with van der Waals surface area (Å²) in [7, 11) is -2.56. The number of allylic oxidation sites excluding steroid dienone is 2. The van der Waals surface area contributed by atoms with Gasteiger partial charge in [-0.3, -0.25) is 4.79 Å². The Hall–Kier alpha value is -1.73. The highest BCUT2D eigenvalue weighted by molar-refractivity contribution is 6.74. The van der Waals surface area contributed by atoms with Crippen LogP contribution in [0.15, 0.2) is 36.4 Å². The Labute approximate surface area is 279 Å². The molecule has 45 heavy (non-hydrogen) atoms. The lowest BCUT2D eigenvalue weighted by atomic mass is 9.83. The Morgan fingerprint density at radius 3 is 2.13 bits per heavy atom. The fourth-order valence-corrected chi connectivity index (χ4v) is 8.51. The maximum Gasteiger partial charge on any atom is 0.305 e. The molecule has 2 rings (SSSR count). The SMILES string of the molecule is [C-]#[N+][C@@H]1C[C@@H](O[Si](C)(C)C(C)(C)C)[C@H](c2ccc(C(CCCCC)O[Si](C)(C)C(C)(C)C)cc2)[C@H]1CC=CCCCC(=O)OC. The van der Waals surface area contributed by atoms with Gasteiger partial charge in [-0.1, -0.05) is 104 Å². The first-order chi connectivity index (χ1) is 20.9. The average molecular weight is 656 g/mol. The standard InChI is InChI=1S/C38H65NO4Si2/c1-14-15-18-22-33(42-44(10,11)37(2,3)4)29-24-26-30(27-25-29)36-31(21-19-16-17-20-23-35(40)41-9)32(39-8)28-34(36)43-45(12,13)38(5,6)7/h16,19,24-27,31-34,36H,14-15,17-18,20-23,28H2,1-7,9-13H3/t31-,32+,33?,34+,36+/m0/s1. The minimum absolute atomic E-state index is 0.0254. The van der Waals surface area contributed by atoms with E-state index in [4.69, 9.17) is 20.2 Å². The number of ether oxygens (including phenoxy) is 1. The van der Waals surface area contributed by atoms with Crippen molar-refractivity contribution >= 4 is 22.6 Å². The number of esters is 1. The molecule has 0 N–H and O–H groups in total. The van der Waals surface area contributed by atoms with Gasteiger partial charge >= 0.3 is 5.97 Å². The van der Waals surface area contributed by atoms with Crippen molar-refractivity contribution in [3.05, 3.63) is 59.0 Å². The first-order valence-electron chi connectivity index (χ1n) is 17.4. The number of hydrogen-bond donors (Lipinski definition) is 0. The van der Waals surface area contributed by atoms with Crippen LogP contribution in [0.5, 0.6) is 0 Å². The Bertz CT molecular complexity index is 1120. The molecule has 1 aromatic rings. The van der Waals surface area contributed by atoms with Gasteiger partial charge < -0.3 is 18.4 Å². The molecule has 5 atom stereocenters. The highest BCUT2D eigenvalue weighted by atomic mass is 28.4. The van der Waals surface area contributed by atoms with Crippen molar-refractivity contribution in [2.24, 2.45) is 5.92 Å². The number of carbonyl (C=O) groups excluding carboxylic acids is 1. The van der Waals surface area contributed by atoms with E-state index in [0.717, 1.165) is 32.1 Å². The second kappa shape index (κ2) is 16.9. The Balaban J connectivity index is 2.42. The van der Waals surface area contributed by atoms with Crippen LogP contribution in [0.1, 0.15) is 129 Å². The lowest BCUT2D eigenvalue weighted by molar-refractivity contribution is -0.140. The monoisotopic (exact) mass is 655 g/mol. The van der Waals surface area contributed by atoms with Gasteiger partial charge in [-0.25, -0.2) is 6.57 Å². The van der Waals surface area contributed by atoms with Gasteiger partial charge in [0.25, 0.3) is 0 Å². The molecule has 0 saturated heterocycles. The van der Waals surface area contributed by atoms with Crippen molar-refractivity contribution in [2.75, 3.05) is 7.11 Å². The van der Waals surface area contributed by atoms with Crippen LogP contribution in [-0.2, 0) is 18.4 Å². The maximum absolute atomic E-state index is 11.5. The predicted octanol–water partition coefficient (Wildman–Crippen LogP) is 11.4. The zero-order valence-corrected chi connectivity index (χ0v) is 32.8. The summed E-state index contributed by atoms with van der Waals surface area (Å²) in [5, 5.41) is 0.252. The van der Waals surface area contributed by atoms with Gasteiger partial charge in [0, 0.05) is 24.7 Å². The van der Waals surface area contributed by atoms with Gasteiger partial charge in [0.15, 0.2) is 16.6 Å². The van der Waals surface area contributed by atoms with Gasteiger partial charge in [-0.05, 0) is 73.1 Å². The van der Waals surface area contributed by atoms with Crippen molar-refractivity contribution in [2.45, 2.75) is 167 Å². The molecule has 0 radical (unpaired) electrons. The van der Waals surface area contributed by atoms with Crippen LogP contribution < -0.4 is 0 Å². The van der Waals surface area contributed by atoms with E-state index in [1.54, 1.807) is 0 Å². The minimum atomic E-state index is -2.05. The van der Waals surface area contributed by atoms with E-state index in [1.165, 1.54) is 37.5 Å². The topological polar surface area (TPSA) is 49.1 Å². The Kier molecular flexibility index (Phi) is 14.8. The first kappa shape index (κ1) is 39.5. The second-order valence-electron chi connectivity index (χ2n) is 16.2. The molecule has 1 aliphatic carbocycles. The van der Waals surface area contributed by atoms with Crippen LogP contribution >= 0.6 is 0 Å². The maximum atomic E-state index is 11.5. The van der Waals surface area contributed by atoms with E-state index >= 15 is 0 Å². The van der Waals surface area contributed by atoms with Crippen LogP contribution in [-0.4, -0.2) is 41.9 Å². The number of methoxy groups -OCH3 is 1. The number of unbranched alkanes of at least 4 members (excludes halogenated alkanes) is 3. The van der Waals surface area contributed by atoms with Crippen LogP contribution in [0.4, 0.5) is 0 Å². The van der Waals surface area contributed by atoms with Crippen molar-refractivity contribution in [1.29, 1.82) is 0 Å². The van der Waals surface area contributed by atoms with E-state index in [2.05, 4.69) is 116 Å². The van der Waals surface area contributed by atoms with E-state index in [9.17, 15) is 4.79 Å². The highest BCUT2D eigenvalue weighted by Crippen LogP contribution is 2.49. The Morgan fingerprint density at radius 1 is 0.978 bits per heavy atom. The third kappa shape index (κ3) is 11.2.